The minimum atomic E-state index is -0.841. The van der Waals surface area contributed by atoms with Gasteiger partial charge < -0.3 is 14.6 Å². The van der Waals surface area contributed by atoms with Crippen LogP contribution in [0.2, 0.25) is 0 Å². The van der Waals surface area contributed by atoms with Crippen molar-refractivity contribution < 1.29 is 14.8 Å². The monoisotopic (exact) mass is 239 g/mol. The molecule has 0 atom stereocenters. The first-order valence-corrected chi connectivity index (χ1v) is 5.12. The highest BCUT2D eigenvalue weighted by atomic mass is 16.6. The molecule has 1 N–H and O–H groups in total. The first-order valence-electron chi connectivity index (χ1n) is 5.12. The third-order valence-corrected chi connectivity index (χ3v) is 2.77. The Hall–Kier alpha value is -1.89. The lowest BCUT2D eigenvalue weighted by atomic mass is 9.96. The summed E-state index contributed by atoms with van der Waals surface area (Å²) in [6.07, 6.45) is 1.30. The Morgan fingerprint density at radius 1 is 1.59 bits per heavy atom. The number of rotatable bonds is 2. The van der Waals surface area contributed by atoms with E-state index in [9.17, 15) is 20.0 Å². The third-order valence-electron chi connectivity index (χ3n) is 2.77. The number of aromatic nitrogens is 1. The largest absolute Gasteiger partial charge is 0.386 e. The number of likely N-dealkylation sites (tertiary alicyclic amines) is 1. The van der Waals surface area contributed by atoms with Gasteiger partial charge in [0.15, 0.2) is 0 Å². The van der Waals surface area contributed by atoms with Gasteiger partial charge in [0.25, 0.3) is 11.6 Å². The van der Waals surface area contributed by atoms with E-state index in [1.165, 1.54) is 21.7 Å². The predicted molar refractivity (Wildman–Crippen MR) is 58.6 cm³/mol. The standard InChI is InChI=1S/C10H13N3O4/c1-10(15)5-12(6-10)9(14)8-3-7(13(16)17)4-11(8)2/h3-4,15H,5-6H2,1-2H3. The fourth-order valence-electron chi connectivity index (χ4n) is 1.94. The van der Waals surface area contributed by atoms with Crippen molar-refractivity contribution in [3.63, 3.8) is 0 Å². The first kappa shape index (κ1) is 11.6. The van der Waals surface area contributed by atoms with Gasteiger partial charge in [0, 0.05) is 13.1 Å². The van der Waals surface area contributed by atoms with Crippen molar-refractivity contribution in [3.05, 3.63) is 28.1 Å². The molecular formula is C10H13N3O4. The zero-order chi connectivity index (χ0) is 12.8. The SMILES string of the molecule is Cn1cc([N+](=O)[O-])cc1C(=O)N1CC(C)(O)C1. The quantitative estimate of drug-likeness (QED) is 0.587. The van der Waals surface area contributed by atoms with Gasteiger partial charge in [0.05, 0.1) is 29.8 Å². The molecule has 1 aliphatic heterocycles. The Bertz CT molecular complexity index is 484. The van der Waals surface area contributed by atoms with Crippen LogP contribution in [0.25, 0.3) is 0 Å². The van der Waals surface area contributed by atoms with E-state index in [-0.39, 0.29) is 30.4 Å². The van der Waals surface area contributed by atoms with Crippen LogP contribution in [0.15, 0.2) is 12.3 Å². The molecule has 0 unspecified atom stereocenters. The summed E-state index contributed by atoms with van der Waals surface area (Å²) in [7, 11) is 1.58. The molecule has 2 rings (SSSR count). The van der Waals surface area contributed by atoms with Gasteiger partial charge >= 0.3 is 0 Å². The summed E-state index contributed by atoms with van der Waals surface area (Å²) >= 11 is 0. The van der Waals surface area contributed by atoms with Gasteiger partial charge in [-0.3, -0.25) is 14.9 Å². The molecule has 1 saturated heterocycles. The van der Waals surface area contributed by atoms with Crippen LogP contribution in [0.3, 0.4) is 0 Å². The van der Waals surface area contributed by atoms with Crippen LogP contribution < -0.4 is 0 Å². The Morgan fingerprint density at radius 2 is 2.18 bits per heavy atom. The Balaban J connectivity index is 2.18. The van der Waals surface area contributed by atoms with E-state index in [0.717, 1.165) is 0 Å². The molecule has 92 valence electrons. The highest BCUT2D eigenvalue weighted by Gasteiger charge is 2.40. The molecule has 0 saturated carbocycles. The molecule has 2 heterocycles. The Labute approximate surface area is 97.4 Å². The summed E-state index contributed by atoms with van der Waals surface area (Å²) in [5.74, 6) is -0.299. The van der Waals surface area contributed by atoms with Crippen LogP contribution in [0.4, 0.5) is 5.69 Å². The normalized spacial score (nSPS) is 17.7. The average Bonchev–Trinajstić information content (AvgIpc) is 2.55. The van der Waals surface area contributed by atoms with E-state index in [2.05, 4.69) is 0 Å². The van der Waals surface area contributed by atoms with E-state index in [1.54, 1.807) is 14.0 Å². The van der Waals surface area contributed by atoms with Crippen molar-refractivity contribution in [2.24, 2.45) is 7.05 Å². The molecule has 1 fully saturated rings. The highest BCUT2D eigenvalue weighted by molar-refractivity contribution is 5.94. The van der Waals surface area contributed by atoms with Gasteiger partial charge in [-0.2, -0.15) is 0 Å². The van der Waals surface area contributed by atoms with Gasteiger partial charge in [-0.1, -0.05) is 0 Å². The fourth-order valence-corrected chi connectivity index (χ4v) is 1.94. The van der Waals surface area contributed by atoms with E-state index < -0.39 is 10.5 Å². The van der Waals surface area contributed by atoms with Crippen molar-refractivity contribution in [2.75, 3.05) is 13.1 Å². The highest BCUT2D eigenvalue weighted by Crippen LogP contribution is 2.24. The molecule has 1 aromatic heterocycles. The number of aryl methyl sites for hydroxylation is 1. The molecule has 7 nitrogen and oxygen atoms in total. The van der Waals surface area contributed by atoms with Crippen LogP contribution in [0.5, 0.6) is 0 Å². The fraction of sp³-hybridized carbons (Fsp3) is 0.500. The second-order valence-corrected chi connectivity index (χ2v) is 4.61. The van der Waals surface area contributed by atoms with Gasteiger partial charge in [0.1, 0.15) is 5.69 Å². The van der Waals surface area contributed by atoms with E-state index in [1.807, 2.05) is 0 Å². The number of aliphatic hydroxyl groups is 1. The molecule has 1 aliphatic rings. The van der Waals surface area contributed by atoms with Gasteiger partial charge in [0.2, 0.25) is 0 Å². The maximum absolute atomic E-state index is 11.9. The lowest BCUT2D eigenvalue weighted by molar-refractivity contribution is -0.384. The van der Waals surface area contributed by atoms with Gasteiger partial charge in [-0.25, -0.2) is 0 Å². The summed E-state index contributed by atoms with van der Waals surface area (Å²) in [4.78, 5) is 23.4. The van der Waals surface area contributed by atoms with Crippen molar-refractivity contribution in [1.82, 2.24) is 9.47 Å². The molecule has 0 bridgehead atoms. The number of nitro groups is 1. The number of carbonyl (C=O) groups excluding carboxylic acids is 1. The second-order valence-electron chi connectivity index (χ2n) is 4.61. The maximum atomic E-state index is 11.9. The zero-order valence-corrected chi connectivity index (χ0v) is 9.58. The molecule has 0 aliphatic carbocycles. The number of nitrogens with zero attached hydrogens (tertiary/aromatic N) is 3. The van der Waals surface area contributed by atoms with Crippen LogP contribution in [-0.4, -0.2) is 44.1 Å². The molecule has 1 amide bonds. The summed E-state index contributed by atoms with van der Waals surface area (Å²) in [5.41, 5.74) is -0.692. The summed E-state index contributed by atoms with van der Waals surface area (Å²) in [6, 6.07) is 1.25. The van der Waals surface area contributed by atoms with E-state index in [4.69, 9.17) is 0 Å². The van der Waals surface area contributed by atoms with E-state index in [0.29, 0.717) is 0 Å². The van der Waals surface area contributed by atoms with Crippen LogP contribution in [0.1, 0.15) is 17.4 Å². The number of hydrogen-bond acceptors (Lipinski definition) is 4. The van der Waals surface area contributed by atoms with Crippen molar-refractivity contribution >= 4 is 11.6 Å². The second kappa shape index (κ2) is 3.56. The third kappa shape index (κ3) is 2.01. The summed E-state index contributed by atoms with van der Waals surface area (Å²) in [6.45, 7) is 2.15. The number of amides is 1. The molecule has 0 spiro atoms. The summed E-state index contributed by atoms with van der Waals surface area (Å²) in [5, 5.41) is 20.1. The van der Waals surface area contributed by atoms with Crippen molar-refractivity contribution in [1.29, 1.82) is 0 Å². The minimum Gasteiger partial charge on any atom is -0.386 e. The minimum absolute atomic E-state index is 0.108. The lowest BCUT2D eigenvalue weighted by Gasteiger charge is -2.44. The van der Waals surface area contributed by atoms with E-state index >= 15 is 0 Å². The molecule has 0 radical (unpaired) electrons. The molecule has 0 aromatic carbocycles. The maximum Gasteiger partial charge on any atom is 0.287 e. The predicted octanol–water partition coefficient (Wildman–Crippen LogP) is 0.140. The van der Waals surface area contributed by atoms with Gasteiger partial charge in [-0.15, -0.1) is 0 Å². The van der Waals surface area contributed by atoms with Crippen LogP contribution >= 0.6 is 0 Å². The molecule has 1 aromatic rings. The van der Waals surface area contributed by atoms with Gasteiger partial charge in [-0.05, 0) is 6.92 Å². The molecule has 17 heavy (non-hydrogen) atoms. The average molecular weight is 239 g/mol. The Kier molecular flexibility index (Phi) is 2.43. The van der Waals surface area contributed by atoms with Crippen LogP contribution in [-0.2, 0) is 7.05 Å². The summed E-state index contributed by atoms with van der Waals surface area (Å²) < 4.78 is 1.42. The molecular weight excluding hydrogens is 226 g/mol. The smallest absolute Gasteiger partial charge is 0.287 e. The van der Waals surface area contributed by atoms with Crippen LogP contribution in [0, 0.1) is 10.1 Å². The number of β-amino-alcohol motifs (C(OH)–C–C–N with tert-alkyl or cyclic N) is 1. The lowest BCUT2D eigenvalue weighted by Crippen LogP contribution is -2.61. The number of carbonyl (C=O) groups is 1. The topological polar surface area (TPSA) is 88.6 Å². The Morgan fingerprint density at radius 3 is 2.59 bits per heavy atom. The van der Waals surface area contributed by atoms with Crippen molar-refractivity contribution in [3.8, 4) is 0 Å². The first-order chi connectivity index (χ1) is 7.80. The zero-order valence-electron chi connectivity index (χ0n) is 9.58. The van der Waals surface area contributed by atoms with Crippen molar-refractivity contribution in [2.45, 2.75) is 12.5 Å². The number of hydrogen-bond donors (Lipinski definition) is 1. The molecule has 7 heteroatoms.